The number of hydrogen-bond donors (Lipinski definition) is 1. The van der Waals surface area contributed by atoms with Gasteiger partial charge in [-0.3, -0.25) is 0 Å². The van der Waals surface area contributed by atoms with Crippen molar-refractivity contribution < 1.29 is 4.74 Å². The van der Waals surface area contributed by atoms with Gasteiger partial charge in [-0.1, -0.05) is 42.5 Å². The van der Waals surface area contributed by atoms with Gasteiger partial charge in [-0.25, -0.2) is 0 Å². The number of benzene rings is 2. The standard InChI is InChI=1S/C19H23NO/c1-14-6-2-3-7-15(14)12-17(20)13-16-10-11-21-19-9-5-4-8-18(16)19/h2-9,16-17H,10-13,20H2,1H3. The number of fused-ring (bicyclic) bond motifs is 1. The molecule has 0 saturated heterocycles. The number of hydrogen-bond acceptors (Lipinski definition) is 2. The van der Waals surface area contributed by atoms with Crippen molar-refractivity contribution >= 4 is 0 Å². The third-order valence-electron chi connectivity index (χ3n) is 4.41. The van der Waals surface area contributed by atoms with Crippen molar-refractivity contribution in [2.75, 3.05) is 6.61 Å². The molecule has 0 fully saturated rings. The van der Waals surface area contributed by atoms with Crippen LogP contribution < -0.4 is 10.5 Å². The average molecular weight is 281 g/mol. The highest BCUT2D eigenvalue weighted by atomic mass is 16.5. The van der Waals surface area contributed by atoms with E-state index in [4.69, 9.17) is 10.5 Å². The number of para-hydroxylation sites is 1. The van der Waals surface area contributed by atoms with E-state index in [1.54, 1.807) is 0 Å². The van der Waals surface area contributed by atoms with Gasteiger partial charge in [0.15, 0.2) is 0 Å². The van der Waals surface area contributed by atoms with Crippen LogP contribution in [0.5, 0.6) is 5.75 Å². The van der Waals surface area contributed by atoms with E-state index in [1.165, 1.54) is 16.7 Å². The number of nitrogens with two attached hydrogens (primary N) is 1. The molecule has 2 atom stereocenters. The molecule has 0 radical (unpaired) electrons. The maximum Gasteiger partial charge on any atom is 0.122 e. The summed E-state index contributed by atoms with van der Waals surface area (Å²) in [5.74, 6) is 1.56. The fraction of sp³-hybridized carbons (Fsp3) is 0.368. The van der Waals surface area contributed by atoms with E-state index >= 15 is 0 Å². The lowest BCUT2D eigenvalue weighted by molar-refractivity contribution is 0.259. The highest BCUT2D eigenvalue weighted by Crippen LogP contribution is 2.36. The summed E-state index contributed by atoms with van der Waals surface area (Å²) in [5.41, 5.74) is 10.4. The molecule has 1 heterocycles. The Morgan fingerprint density at radius 3 is 2.76 bits per heavy atom. The topological polar surface area (TPSA) is 35.2 Å². The lowest BCUT2D eigenvalue weighted by atomic mass is 9.86. The van der Waals surface area contributed by atoms with Crippen molar-refractivity contribution in [3.8, 4) is 5.75 Å². The number of aryl methyl sites for hydroxylation is 1. The summed E-state index contributed by atoms with van der Waals surface area (Å²) in [7, 11) is 0. The number of rotatable bonds is 4. The molecule has 1 aliphatic rings. The fourth-order valence-corrected chi connectivity index (χ4v) is 3.23. The molecule has 0 spiro atoms. The maximum atomic E-state index is 6.42. The summed E-state index contributed by atoms with van der Waals surface area (Å²) in [6.07, 6.45) is 3.04. The van der Waals surface area contributed by atoms with Crippen molar-refractivity contribution in [2.24, 2.45) is 5.73 Å². The lowest BCUT2D eigenvalue weighted by Gasteiger charge is -2.28. The van der Waals surface area contributed by atoms with Gasteiger partial charge in [0.2, 0.25) is 0 Å². The molecule has 2 nitrogen and oxygen atoms in total. The minimum absolute atomic E-state index is 0.197. The first-order chi connectivity index (χ1) is 10.2. The monoisotopic (exact) mass is 281 g/mol. The van der Waals surface area contributed by atoms with Gasteiger partial charge in [0.05, 0.1) is 6.61 Å². The maximum absolute atomic E-state index is 6.42. The van der Waals surface area contributed by atoms with Crippen LogP contribution in [-0.4, -0.2) is 12.6 Å². The highest BCUT2D eigenvalue weighted by molar-refractivity contribution is 5.38. The van der Waals surface area contributed by atoms with E-state index in [0.29, 0.717) is 5.92 Å². The average Bonchev–Trinajstić information content (AvgIpc) is 2.50. The first kappa shape index (κ1) is 14.2. The minimum atomic E-state index is 0.197. The Morgan fingerprint density at radius 2 is 1.90 bits per heavy atom. The zero-order valence-corrected chi connectivity index (χ0v) is 12.6. The molecule has 2 N–H and O–H groups in total. The zero-order valence-electron chi connectivity index (χ0n) is 12.6. The molecule has 0 amide bonds. The van der Waals surface area contributed by atoms with Crippen LogP contribution in [0.2, 0.25) is 0 Å². The summed E-state index contributed by atoms with van der Waals surface area (Å²) in [6.45, 7) is 2.96. The predicted molar refractivity (Wildman–Crippen MR) is 86.8 cm³/mol. The Kier molecular flexibility index (Phi) is 4.26. The van der Waals surface area contributed by atoms with Crippen LogP contribution in [0.15, 0.2) is 48.5 Å². The molecule has 3 rings (SSSR count). The van der Waals surface area contributed by atoms with Gasteiger partial charge in [-0.2, -0.15) is 0 Å². The number of ether oxygens (including phenoxy) is 1. The molecule has 21 heavy (non-hydrogen) atoms. The van der Waals surface area contributed by atoms with Crippen molar-refractivity contribution in [3.05, 3.63) is 65.2 Å². The van der Waals surface area contributed by atoms with Crippen LogP contribution in [-0.2, 0) is 6.42 Å². The van der Waals surface area contributed by atoms with Crippen molar-refractivity contribution in [1.29, 1.82) is 0 Å². The molecule has 0 saturated carbocycles. The van der Waals surface area contributed by atoms with E-state index in [2.05, 4.69) is 49.4 Å². The van der Waals surface area contributed by atoms with Gasteiger partial charge in [0, 0.05) is 6.04 Å². The molecule has 0 aliphatic carbocycles. The van der Waals surface area contributed by atoms with Gasteiger partial charge >= 0.3 is 0 Å². The molecule has 2 aromatic rings. The van der Waals surface area contributed by atoms with Gasteiger partial charge in [-0.05, 0) is 54.9 Å². The Balaban J connectivity index is 1.69. The van der Waals surface area contributed by atoms with Gasteiger partial charge in [-0.15, -0.1) is 0 Å². The van der Waals surface area contributed by atoms with E-state index < -0.39 is 0 Å². The largest absolute Gasteiger partial charge is 0.493 e. The molecular weight excluding hydrogens is 258 g/mol. The Morgan fingerprint density at radius 1 is 1.14 bits per heavy atom. The Labute approximate surface area is 126 Å². The van der Waals surface area contributed by atoms with Crippen LogP contribution in [0, 0.1) is 6.92 Å². The fourth-order valence-electron chi connectivity index (χ4n) is 3.23. The smallest absolute Gasteiger partial charge is 0.122 e. The SMILES string of the molecule is Cc1ccccc1CC(N)CC1CCOc2ccccc21. The van der Waals surface area contributed by atoms with E-state index in [9.17, 15) is 0 Å². The zero-order chi connectivity index (χ0) is 14.7. The molecule has 2 unspecified atom stereocenters. The van der Waals surface area contributed by atoms with E-state index in [0.717, 1.165) is 31.6 Å². The van der Waals surface area contributed by atoms with Crippen molar-refractivity contribution in [1.82, 2.24) is 0 Å². The van der Waals surface area contributed by atoms with Gasteiger partial charge in [0.1, 0.15) is 5.75 Å². The van der Waals surface area contributed by atoms with Crippen LogP contribution in [0.3, 0.4) is 0 Å². The summed E-state index contributed by atoms with van der Waals surface area (Å²) in [5, 5.41) is 0. The van der Waals surface area contributed by atoms with Gasteiger partial charge in [0.25, 0.3) is 0 Å². The summed E-state index contributed by atoms with van der Waals surface area (Å²) < 4.78 is 5.73. The molecule has 110 valence electrons. The van der Waals surface area contributed by atoms with E-state index in [1.807, 2.05) is 6.07 Å². The Hall–Kier alpha value is -1.80. The van der Waals surface area contributed by atoms with Crippen LogP contribution in [0.1, 0.15) is 35.4 Å². The highest BCUT2D eigenvalue weighted by Gasteiger charge is 2.23. The third kappa shape index (κ3) is 3.27. The second kappa shape index (κ2) is 6.31. The summed E-state index contributed by atoms with van der Waals surface area (Å²) >= 11 is 0. The second-order valence-corrected chi connectivity index (χ2v) is 6.00. The summed E-state index contributed by atoms with van der Waals surface area (Å²) in [6, 6.07) is 17.1. The molecule has 0 bridgehead atoms. The second-order valence-electron chi connectivity index (χ2n) is 6.00. The van der Waals surface area contributed by atoms with Crippen LogP contribution >= 0.6 is 0 Å². The predicted octanol–water partition coefficient (Wildman–Crippen LogP) is 3.82. The quantitative estimate of drug-likeness (QED) is 0.924. The van der Waals surface area contributed by atoms with E-state index in [-0.39, 0.29) is 6.04 Å². The minimum Gasteiger partial charge on any atom is -0.493 e. The molecule has 1 aliphatic heterocycles. The third-order valence-corrected chi connectivity index (χ3v) is 4.41. The van der Waals surface area contributed by atoms with Gasteiger partial charge < -0.3 is 10.5 Å². The molecular formula is C19H23NO. The van der Waals surface area contributed by atoms with Crippen molar-refractivity contribution in [3.63, 3.8) is 0 Å². The van der Waals surface area contributed by atoms with Crippen LogP contribution in [0.25, 0.3) is 0 Å². The molecule has 2 heteroatoms. The first-order valence-electron chi connectivity index (χ1n) is 7.76. The Bertz CT molecular complexity index is 608. The molecule has 0 aromatic heterocycles. The summed E-state index contributed by atoms with van der Waals surface area (Å²) in [4.78, 5) is 0. The molecule has 2 aromatic carbocycles. The normalized spacial score (nSPS) is 18.7. The van der Waals surface area contributed by atoms with Crippen molar-refractivity contribution in [2.45, 2.75) is 38.1 Å². The van der Waals surface area contributed by atoms with Crippen LogP contribution in [0.4, 0.5) is 0 Å². The lowest BCUT2D eigenvalue weighted by Crippen LogP contribution is -2.28. The first-order valence-corrected chi connectivity index (χ1v) is 7.76.